The fraction of sp³-hybridized carbons (Fsp3) is 0.467. The van der Waals surface area contributed by atoms with E-state index in [4.69, 9.17) is 8.92 Å². The molecule has 3 aromatic rings. The van der Waals surface area contributed by atoms with Crippen LogP contribution in [-0.2, 0) is 8.92 Å². The quantitative estimate of drug-likeness (QED) is 0.335. The Balaban J connectivity index is 1.46. The van der Waals surface area contributed by atoms with Gasteiger partial charge in [0.05, 0.1) is 55.8 Å². The number of aryl methyl sites for hydroxylation is 2. The zero-order valence-corrected chi connectivity index (χ0v) is 25.5. The number of nitrogens with one attached hydrogen (secondary N) is 2. The zero-order valence-electron chi connectivity index (χ0n) is 24.7. The van der Waals surface area contributed by atoms with Crippen LogP contribution >= 0.6 is 10.3 Å². The van der Waals surface area contributed by atoms with Crippen LogP contribution in [0.5, 0.6) is 0 Å². The van der Waals surface area contributed by atoms with Gasteiger partial charge in [0.15, 0.2) is 5.82 Å². The van der Waals surface area contributed by atoms with Gasteiger partial charge in [0.25, 0.3) is 0 Å². The van der Waals surface area contributed by atoms with Crippen molar-refractivity contribution in [1.82, 2.24) is 15.0 Å². The lowest BCUT2D eigenvalue weighted by atomic mass is 10.0. The summed E-state index contributed by atoms with van der Waals surface area (Å²) >= 11 is 0. The van der Waals surface area contributed by atoms with Gasteiger partial charge in [-0.05, 0) is 55.7 Å². The molecule has 2 unspecified atom stereocenters. The summed E-state index contributed by atoms with van der Waals surface area (Å²) in [7, 11) is -1.22. The molecule has 1 aliphatic rings. The first kappa shape index (κ1) is 29.8. The van der Waals surface area contributed by atoms with Gasteiger partial charge in [0.1, 0.15) is 0 Å². The summed E-state index contributed by atoms with van der Waals surface area (Å²) < 4.78 is 12.6. The molecule has 0 bridgehead atoms. The maximum atomic E-state index is 12.5. The first-order chi connectivity index (χ1) is 19.0. The Kier molecular flexibility index (Phi) is 9.33. The topological polar surface area (TPSA) is 102 Å². The first-order valence-corrected chi connectivity index (χ1v) is 15.8. The van der Waals surface area contributed by atoms with Crippen molar-refractivity contribution in [3.8, 4) is 11.3 Å². The number of urea groups is 1. The van der Waals surface area contributed by atoms with E-state index in [9.17, 15) is 4.79 Å². The van der Waals surface area contributed by atoms with Crippen molar-refractivity contribution < 1.29 is 13.7 Å². The number of hydrogen-bond acceptors (Lipinski definition) is 7. The standard InChI is InChI=1S/C30H42N6O3S/c1-8-40(7,30(4,5)6)39-20-25-19-38-14-13-36(25)27-12-10-23(15-21(27)2)26-17-31-18-28(34-26)35-29(37)33-24-11-9-22(3)32-16-24/h9-12,15-18,25H,8,13-14,19-20H2,1-7H3,(H2,33,34,35,37). The summed E-state index contributed by atoms with van der Waals surface area (Å²) in [5.74, 6) is 1.39. The van der Waals surface area contributed by atoms with Crippen LogP contribution in [-0.4, -0.2) is 70.1 Å². The Hall–Kier alpha value is -3.21. The highest BCUT2D eigenvalue weighted by Crippen LogP contribution is 2.56. The lowest BCUT2D eigenvalue weighted by molar-refractivity contribution is 0.0789. The largest absolute Gasteiger partial charge is 0.377 e. The summed E-state index contributed by atoms with van der Waals surface area (Å²) in [5, 5.41) is 5.51. The molecule has 4 rings (SSSR count). The summed E-state index contributed by atoms with van der Waals surface area (Å²) in [5.41, 5.74) is 5.39. The molecule has 1 aliphatic heterocycles. The van der Waals surface area contributed by atoms with E-state index in [0.29, 0.717) is 37.0 Å². The first-order valence-electron chi connectivity index (χ1n) is 13.7. The van der Waals surface area contributed by atoms with Crippen LogP contribution in [0.2, 0.25) is 0 Å². The van der Waals surface area contributed by atoms with Gasteiger partial charge in [-0.3, -0.25) is 15.3 Å². The van der Waals surface area contributed by atoms with Crippen molar-refractivity contribution in [2.75, 3.05) is 53.9 Å². The number of nitrogens with zero attached hydrogens (tertiary/aromatic N) is 4. The molecule has 1 fully saturated rings. The summed E-state index contributed by atoms with van der Waals surface area (Å²) in [6.07, 6.45) is 7.13. The lowest BCUT2D eigenvalue weighted by Crippen LogP contribution is -2.49. The molecule has 0 aliphatic carbocycles. The number of pyridine rings is 1. The minimum absolute atomic E-state index is 0.114. The van der Waals surface area contributed by atoms with E-state index in [1.807, 2.05) is 13.0 Å². The Morgan fingerprint density at radius 2 is 1.95 bits per heavy atom. The molecule has 2 N–H and O–H groups in total. The molecule has 10 heteroatoms. The summed E-state index contributed by atoms with van der Waals surface area (Å²) in [4.78, 5) is 28.0. The monoisotopic (exact) mass is 566 g/mol. The molecule has 2 atom stereocenters. The van der Waals surface area contributed by atoms with Crippen LogP contribution in [0.1, 0.15) is 39.0 Å². The van der Waals surface area contributed by atoms with Crippen LogP contribution in [0, 0.1) is 13.8 Å². The molecule has 1 saturated heterocycles. The number of carbonyl (C=O) groups is 1. The highest BCUT2D eigenvalue weighted by atomic mass is 32.3. The van der Waals surface area contributed by atoms with Gasteiger partial charge < -0.3 is 19.1 Å². The number of hydrogen-bond donors (Lipinski definition) is 2. The molecular weight excluding hydrogens is 524 g/mol. The highest BCUT2D eigenvalue weighted by molar-refractivity contribution is 8.30. The maximum absolute atomic E-state index is 12.5. The number of carbonyl (C=O) groups excluding carboxylic acids is 1. The molecule has 3 heterocycles. The average molecular weight is 567 g/mol. The van der Waals surface area contributed by atoms with Gasteiger partial charge in [-0.1, -0.05) is 33.8 Å². The SMILES string of the molecule is CCS(C)(OCC1COCCN1c1ccc(-c2cncc(NC(=O)Nc3ccc(C)nc3)n2)cc1C)C(C)(C)C. The number of ether oxygens (including phenoxy) is 1. The van der Waals surface area contributed by atoms with E-state index in [1.54, 1.807) is 18.5 Å². The number of amides is 2. The molecule has 0 radical (unpaired) electrons. The molecule has 9 nitrogen and oxygen atoms in total. The number of morpholine rings is 1. The second-order valence-corrected chi connectivity index (χ2v) is 15.2. The second kappa shape index (κ2) is 12.5. The fourth-order valence-electron chi connectivity index (χ4n) is 4.55. The Labute approximate surface area is 239 Å². The lowest BCUT2D eigenvalue weighted by Gasteiger charge is -2.48. The smallest absolute Gasteiger partial charge is 0.324 e. The average Bonchev–Trinajstić information content (AvgIpc) is 2.92. The molecule has 1 aromatic carbocycles. The fourth-order valence-corrected chi connectivity index (χ4v) is 6.40. The molecule has 2 aromatic heterocycles. The zero-order chi connectivity index (χ0) is 28.9. The highest BCUT2D eigenvalue weighted by Gasteiger charge is 2.34. The van der Waals surface area contributed by atoms with Crippen LogP contribution in [0.25, 0.3) is 11.3 Å². The van der Waals surface area contributed by atoms with Gasteiger partial charge in [-0.25, -0.2) is 9.78 Å². The van der Waals surface area contributed by atoms with Gasteiger partial charge >= 0.3 is 6.03 Å². The predicted octanol–water partition coefficient (Wildman–Crippen LogP) is 6.19. The number of rotatable bonds is 8. The van der Waals surface area contributed by atoms with Crippen LogP contribution in [0.3, 0.4) is 0 Å². The summed E-state index contributed by atoms with van der Waals surface area (Å²) in [6, 6.07) is 9.68. The van der Waals surface area contributed by atoms with Crippen molar-refractivity contribution in [2.24, 2.45) is 0 Å². The van der Waals surface area contributed by atoms with Crippen molar-refractivity contribution in [2.45, 2.75) is 52.3 Å². The van der Waals surface area contributed by atoms with E-state index in [2.05, 4.69) is 89.6 Å². The van der Waals surface area contributed by atoms with E-state index in [1.165, 1.54) is 6.20 Å². The third-order valence-corrected chi connectivity index (χ3v) is 11.8. The van der Waals surface area contributed by atoms with E-state index >= 15 is 0 Å². The number of anilines is 3. The van der Waals surface area contributed by atoms with Crippen molar-refractivity contribution in [3.63, 3.8) is 0 Å². The summed E-state index contributed by atoms with van der Waals surface area (Å²) in [6.45, 7) is 15.8. The Bertz CT molecular complexity index is 1310. The number of benzene rings is 1. The minimum Gasteiger partial charge on any atom is -0.377 e. The van der Waals surface area contributed by atoms with E-state index < -0.39 is 16.3 Å². The Morgan fingerprint density at radius 3 is 2.62 bits per heavy atom. The number of aromatic nitrogens is 3. The van der Waals surface area contributed by atoms with Crippen LogP contribution in [0.4, 0.5) is 22.0 Å². The maximum Gasteiger partial charge on any atom is 0.324 e. The van der Waals surface area contributed by atoms with Crippen LogP contribution in [0.15, 0.2) is 48.9 Å². The van der Waals surface area contributed by atoms with Gasteiger partial charge in [0, 0.05) is 28.2 Å². The predicted molar refractivity (Wildman–Crippen MR) is 166 cm³/mol. The third-order valence-electron chi connectivity index (χ3n) is 7.44. The van der Waals surface area contributed by atoms with Gasteiger partial charge in [0.2, 0.25) is 0 Å². The van der Waals surface area contributed by atoms with Gasteiger partial charge in [-0.2, -0.15) is 0 Å². The molecular formula is C30H42N6O3S. The van der Waals surface area contributed by atoms with Crippen LogP contribution < -0.4 is 15.5 Å². The van der Waals surface area contributed by atoms with Crippen molar-refractivity contribution in [3.05, 3.63) is 60.2 Å². The Morgan fingerprint density at radius 1 is 1.15 bits per heavy atom. The van der Waals surface area contributed by atoms with E-state index in [0.717, 1.165) is 34.8 Å². The molecule has 40 heavy (non-hydrogen) atoms. The van der Waals surface area contributed by atoms with E-state index in [-0.39, 0.29) is 10.8 Å². The second-order valence-electron chi connectivity index (χ2n) is 11.2. The molecule has 0 saturated carbocycles. The van der Waals surface area contributed by atoms with Crippen molar-refractivity contribution in [1.29, 1.82) is 0 Å². The minimum atomic E-state index is -1.22. The van der Waals surface area contributed by atoms with Crippen molar-refractivity contribution >= 4 is 33.5 Å². The third kappa shape index (κ3) is 7.10. The molecule has 0 spiro atoms. The normalized spacial score (nSPS) is 18.1. The molecule has 2 amide bonds. The van der Waals surface area contributed by atoms with Gasteiger partial charge in [-0.15, -0.1) is 10.3 Å². The molecule has 216 valence electrons.